The van der Waals surface area contributed by atoms with E-state index in [4.69, 9.17) is 11.6 Å². The van der Waals surface area contributed by atoms with E-state index in [2.05, 4.69) is 35.5 Å². The predicted molar refractivity (Wildman–Crippen MR) is 41.2 cm³/mol. The summed E-state index contributed by atoms with van der Waals surface area (Å²) in [6.45, 7) is 4.14. The number of rotatable bonds is 1. The Balaban J connectivity index is 3.82. The third-order valence-electron chi connectivity index (χ3n) is 0.526. The van der Waals surface area contributed by atoms with Crippen LogP contribution in [0.5, 0.6) is 0 Å². The van der Waals surface area contributed by atoms with Gasteiger partial charge in [0.15, 0.2) is 0 Å². The lowest BCUT2D eigenvalue weighted by atomic mass is 10.2. The molecule has 0 rings (SSSR count). The molecule has 0 aromatic rings. The Morgan fingerprint density at radius 1 is 1.75 bits per heavy atom. The van der Waals surface area contributed by atoms with Gasteiger partial charge in [0, 0.05) is 0 Å². The molecule has 46 valence electrons. The van der Waals surface area contributed by atoms with Crippen LogP contribution in [0.15, 0.2) is 15.7 Å². The summed E-state index contributed by atoms with van der Waals surface area (Å²) < 4.78 is 0.534. The zero-order chi connectivity index (χ0) is 6.57. The maximum Gasteiger partial charge on any atom is 0.125 e. The van der Waals surface area contributed by atoms with Crippen LogP contribution in [0, 0.1) is 5.92 Å². The van der Waals surface area contributed by atoms with Crippen molar-refractivity contribution in [1.29, 1.82) is 0 Å². The fraction of sp³-hybridized carbons (Fsp3) is 0.500. The Morgan fingerprint density at radius 2 is 2.25 bits per heavy atom. The Morgan fingerprint density at radius 3 is 2.38 bits per heavy atom. The van der Waals surface area contributed by atoms with Crippen LogP contribution >= 0.6 is 27.5 Å². The minimum Gasteiger partial charge on any atom is -0.0973 e. The van der Waals surface area contributed by atoms with Gasteiger partial charge < -0.3 is 0 Å². The summed E-state index contributed by atoms with van der Waals surface area (Å²) in [4.78, 5) is 0. The molecular formula is C6H8BrCl. The Hall–Kier alpha value is 0.290. The fourth-order valence-electron chi connectivity index (χ4n) is 0.230. The van der Waals surface area contributed by atoms with Crippen molar-refractivity contribution in [1.82, 2.24) is 0 Å². The van der Waals surface area contributed by atoms with Gasteiger partial charge in [0.25, 0.3) is 0 Å². The Bertz CT molecular complexity index is 116. The van der Waals surface area contributed by atoms with Crippen LogP contribution in [-0.4, -0.2) is 0 Å². The summed E-state index contributed by atoms with van der Waals surface area (Å²) in [7, 11) is 0. The molecule has 0 heterocycles. The molecule has 0 spiro atoms. The topological polar surface area (TPSA) is 0 Å². The second kappa shape index (κ2) is 4.20. The van der Waals surface area contributed by atoms with E-state index in [-0.39, 0.29) is 0 Å². The van der Waals surface area contributed by atoms with Crippen LogP contribution < -0.4 is 0 Å². The zero-order valence-corrected chi connectivity index (χ0v) is 7.25. The van der Waals surface area contributed by atoms with Crippen molar-refractivity contribution >= 4 is 27.5 Å². The molecule has 0 saturated heterocycles. The van der Waals surface area contributed by atoms with E-state index in [1.54, 1.807) is 0 Å². The minimum absolute atomic E-state index is 0.515. The van der Waals surface area contributed by atoms with Crippen molar-refractivity contribution in [3.63, 3.8) is 0 Å². The van der Waals surface area contributed by atoms with Gasteiger partial charge in [-0.1, -0.05) is 31.2 Å². The van der Waals surface area contributed by atoms with Crippen LogP contribution in [0.1, 0.15) is 13.8 Å². The van der Waals surface area contributed by atoms with Crippen molar-refractivity contribution < 1.29 is 0 Å². The lowest BCUT2D eigenvalue weighted by Gasteiger charge is -1.85. The molecule has 8 heavy (non-hydrogen) atoms. The molecule has 0 nitrogen and oxygen atoms in total. The third-order valence-corrected chi connectivity index (χ3v) is 0.864. The number of hydrogen-bond acceptors (Lipinski definition) is 0. The molecule has 0 aliphatic heterocycles. The molecule has 0 amide bonds. The molecule has 0 fully saturated rings. The molecule has 0 radical (unpaired) electrons. The van der Waals surface area contributed by atoms with Crippen molar-refractivity contribution in [3.05, 3.63) is 15.7 Å². The largest absolute Gasteiger partial charge is 0.125 e. The van der Waals surface area contributed by atoms with Crippen LogP contribution in [0.25, 0.3) is 0 Å². The summed E-state index contributed by atoms with van der Waals surface area (Å²) in [5.74, 6) is 0.515. The normalized spacial score (nSPS) is 8.62. The second-order valence-electron chi connectivity index (χ2n) is 1.82. The summed E-state index contributed by atoms with van der Waals surface area (Å²) in [5, 5.41) is 0. The van der Waals surface area contributed by atoms with Gasteiger partial charge in [-0.2, -0.15) is 0 Å². The van der Waals surface area contributed by atoms with Crippen LogP contribution in [-0.2, 0) is 0 Å². The summed E-state index contributed by atoms with van der Waals surface area (Å²) in [6.07, 6.45) is 1.90. The van der Waals surface area contributed by atoms with E-state index in [9.17, 15) is 0 Å². The molecule has 2 heteroatoms. The minimum atomic E-state index is 0.515. The average Bonchev–Trinajstić information content (AvgIpc) is 1.61. The van der Waals surface area contributed by atoms with Gasteiger partial charge in [-0.15, -0.1) is 0 Å². The van der Waals surface area contributed by atoms with Crippen molar-refractivity contribution in [3.8, 4) is 0 Å². The molecule has 0 aromatic heterocycles. The van der Waals surface area contributed by atoms with Gasteiger partial charge in [-0.05, 0) is 27.9 Å². The summed E-state index contributed by atoms with van der Waals surface area (Å²) >= 11 is 8.46. The highest BCUT2D eigenvalue weighted by molar-refractivity contribution is 9.12. The quantitative estimate of drug-likeness (QED) is 0.564. The van der Waals surface area contributed by atoms with E-state index >= 15 is 0 Å². The molecule has 0 atom stereocenters. The van der Waals surface area contributed by atoms with Gasteiger partial charge in [0.2, 0.25) is 0 Å². The maximum atomic E-state index is 5.41. The first-order chi connectivity index (χ1) is 3.63. The average molecular weight is 195 g/mol. The summed E-state index contributed by atoms with van der Waals surface area (Å²) in [6, 6.07) is 0. The third kappa shape index (κ3) is 6.29. The maximum absolute atomic E-state index is 5.41. The van der Waals surface area contributed by atoms with Gasteiger partial charge in [-0.3, -0.25) is 0 Å². The summed E-state index contributed by atoms with van der Waals surface area (Å²) in [5.41, 5.74) is 2.82. The SMILES string of the molecule is CC(C)C=C=C(Cl)Br. The van der Waals surface area contributed by atoms with E-state index in [1.807, 2.05) is 6.08 Å². The van der Waals surface area contributed by atoms with Crippen LogP contribution in [0.2, 0.25) is 0 Å². The van der Waals surface area contributed by atoms with Gasteiger partial charge >= 0.3 is 0 Å². The lowest BCUT2D eigenvalue weighted by molar-refractivity contribution is 0.833. The van der Waals surface area contributed by atoms with Crippen molar-refractivity contribution in [2.24, 2.45) is 5.92 Å². The van der Waals surface area contributed by atoms with E-state index in [0.717, 1.165) is 0 Å². The monoisotopic (exact) mass is 194 g/mol. The first-order valence-corrected chi connectivity index (χ1v) is 3.58. The first kappa shape index (κ1) is 8.29. The van der Waals surface area contributed by atoms with Crippen LogP contribution in [0.4, 0.5) is 0 Å². The lowest BCUT2D eigenvalue weighted by Crippen LogP contribution is -1.72. The molecule has 0 saturated carbocycles. The molecule has 0 unspecified atom stereocenters. The van der Waals surface area contributed by atoms with E-state index in [1.165, 1.54) is 0 Å². The number of allylic oxidation sites excluding steroid dienone is 1. The Labute approximate surface area is 63.4 Å². The number of hydrogen-bond donors (Lipinski definition) is 0. The molecule has 0 bridgehead atoms. The first-order valence-electron chi connectivity index (χ1n) is 2.40. The van der Waals surface area contributed by atoms with Crippen LogP contribution in [0.3, 0.4) is 0 Å². The molecule has 0 aliphatic carbocycles. The van der Waals surface area contributed by atoms with E-state index < -0.39 is 0 Å². The van der Waals surface area contributed by atoms with Gasteiger partial charge in [0.1, 0.15) is 3.94 Å². The van der Waals surface area contributed by atoms with Crippen molar-refractivity contribution in [2.45, 2.75) is 13.8 Å². The highest BCUT2D eigenvalue weighted by atomic mass is 79.9. The molecule has 0 aliphatic rings. The second-order valence-corrected chi connectivity index (χ2v) is 3.44. The fourth-order valence-corrected chi connectivity index (χ4v) is 0.425. The highest BCUT2D eigenvalue weighted by Crippen LogP contribution is 2.07. The Kier molecular flexibility index (Phi) is 4.35. The van der Waals surface area contributed by atoms with Gasteiger partial charge in [-0.25, -0.2) is 0 Å². The molecule has 0 N–H and O–H groups in total. The predicted octanol–water partition coefficient (Wildman–Crippen LogP) is 3.27. The highest BCUT2D eigenvalue weighted by Gasteiger charge is 1.80. The number of halogens is 2. The molecular weight excluding hydrogens is 187 g/mol. The molecule has 0 aromatic carbocycles. The van der Waals surface area contributed by atoms with Crippen molar-refractivity contribution in [2.75, 3.05) is 0 Å². The van der Waals surface area contributed by atoms with Gasteiger partial charge in [0.05, 0.1) is 0 Å². The smallest absolute Gasteiger partial charge is 0.0973 e. The standard InChI is InChI=1S/C6H8BrCl/c1-5(2)3-4-6(7)8/h3,5H,1-2H3. The zero-order valence-electron chi connectivity index (χ0n) is 4.91. The van der Waals surface area contributed by atoms with E-state index in [0.29, 0.717) is 9.86 Å².